The Morgan fingerprint density at radius 3 is 2.57 bits per heavy atom. The van der Waals surface area contributed by atoms with Crippen molar-refractivity contribution in [2.45, 2.75) is 13.2 Å². The van der Waals surface area contributed by atoms with E-state index in [4.69, 9.17) is 0 Å². The Morgan fingerprint density at radius 2 is 1.87 bits per heavy atom. The molecule has 0 bridgehead atoms. The number of para-hydroxylation sites is 1. The molecule has 1 aliphatic heterocycles. The molecular formula is C22H26FN5O2. The largest absolute Gasteiger partial charge is 0.507 e. The average Bonchev–Trinajstić information content (AvgIpc) is 3.11. The van der Waals surface area contributed by atoms with Crippen molar-refractivity contribution in [1.82, 2.24) is 15.1 Å². The van der Waals surface area contributed by atoms with Gasteiger partial charge >= 0.3 is 0 Å². The minimum absolute atomic E-state index is 0.0538. The van der Waals surface area contributed by atoms with Crippen LogP contribution in [0.5, 0.6) is 5.75 Å². The van der Waals surface area contributed by atoms with Crippen LogP contribution in [-0.4, -0.2) is 52.4 Å². The summed E-state index contributed by atoms with van der Waals surface area (Å²) in [7, 11) is 1.89. The molecule has 1 fully saturated rings. The van der Waals surface area contributed by atoms with E-state index in [0.29, 0.717) is 22.4 Å². The first kappa shape index (κ1) is 20.2. The van der Waals surface area contributed by atoms with E-state index in [9.17, 15) is 14.6 Å². The number of hydrogen-bond acceptors (Lipinski definition) is 6. The standard InChI is InChI=1S/C22H26FN5O2/c1-14(29)25-19-7-6-15(12-18(19)23)16-4-3-5-17(22(16)30)20-13-21(27(2)26-20)28-10-8-24-9-11-28/h3-7,12-14,24-25,29-30H,8-11H2,1-2H3. The topological polar surface area (TPSA) is 85.6 Å². The predicted octanol–water partition coefficient (Wildman–Crippen LogP) is 2.76. The van der Waals surface area contributed by atoms with Gasteiger partial charge in [-0.25, -0.2) is 4.39 Å². The molecule has 1 saturated heterocycles. The number of phenolic OH excluding ortho intramolecular Hbond substituents is 1. The molecule has 7 nitrogen and oxygen atoms in total. The Kier molecular flexibility index (Phi) is 5.61. The Hall–Kier alpha value is -3.10. The maximum absolute atomic E-state index is 14.4. The van der Waals surface area contributed by atoms with Crippen molar-refractivity contribution in [1.29, 1.82) is 0 Å². The summed E-state index contributed by atoms with van der Waals surface area (Å²) in [5.41, 5.74) is 2.52. The molecule has 2 heterocycles. The van der Waals surface area contributed by atoms with E-state index in [2.05, 4.69) is 20.6 Å². The molecule has 3 aromatic rings. The van der Waals surface area contributed by atoms with Crippen molar-refractivity contribution in [2.24, 2.45) is 7.05 Å². The fourth-order valence-electron chi connectivity index (χ4n) is 3.79. The number of aliphatic hydroxyl groups is 1. The van der Waals surface area contributed by atoms with Gasteiger partial charge in [0, 0.05) is 50.4 Å². The van der Waals surface area contributed by atoms with Crippen molar-refractivity contribution < 1.29 is 14.6 Å². The van der Waals surface area contributed by atoms with Crippen LogP contribution in [0.3, 0.4) is 0 Å². The predicted molar refractivity (Wildman–Crippen MR) is 116 cm³/mol. The zero-order valence-electron chi connectivity index (χ0n) is 17.1. The molecule has 0 saturated carbocycles. The quantitative estimate of drug-likeness (QED) is 0.483. The maximum Gasteiger partial charge on any atom is 0.146 e. The number of halogens is 1. The second kappa shape index (κ2) is 8.33. The van der Waals surface area contributed by atoms with E-state index in [0.717, 1.165) is 32.0 Å². The Morgan fingerprint density at radius 1 is 1.13 bits per heavy atom. The van der Waals surface area contributed by atoms with Crippen LogP contribution in [0.2, 0.25) is 0 Å². The van der Waals surface area contributed by atoms with Crippen molar-refractivity contribution in [3.8, 4) is 28.1 Å². The van der Waals surface area contributed by atoms with Crippen molar-refractivity contribution in [3.05, 3.63) is 48.3 Å². The minimum atomic E-state index is -0.865. The molecule has 0 radical (unpaired) electrons. The molecule has 4 N–H and O–H groups in total. The number of piperazine rings is 1. The summed E-state index contributed by atoms with van der Waals surface area (Å²) in [6, 6.07) is 11.9. The third kappa shape index (κ3) is 3.96. The molecule has 1 aromatic heterocycles. The first-order chi connectivity index (χ1) is 14.4. The normalized spacial score (nSPS) is 15.3. The lowest BCUT2D eigenvalue weighted by atomic mass is 9.99. The van der Waals surface area contributed by atoms with Crippen LogP contribution >= 0.6 is 0 Å². The summed E-state index contributed by atoms with van der Waals surface area (Å²) >= 11 is 0. The maximum atomic E-state index is 14.4. The summed E-state index contributed by atoms with van der Waals surface area (Å²) in [6.07, 6.45) is -0.865. The van der Waals surface area contributed by atoms with Gasteiger partial charge in [0.2, 0.25) is 0 Å². The number of phenols is 1. The fourth-order valence-corrected chi connectivity index (χ4v) is 3.79. The van der Waals surface area contributed by atoms with Crippen LogP contribution in [0.15, 0.2) is 42.5 Å². The number of nitrogens with zero attached hydrogens (tertiary/aromatic N) is 3. The Bertz CT molecular complexity index is 1040. The number of aryl methyl sites for hydroxylation is 1. The number of rotatable bonds is 5. The lowest BCUT2D eigenvalue weighted by molar-refractivity contribution is 0.224. The molecular weight excluding hydrogens is 385 g/mol. The highest BCUT2D eigenvalue weighted by atomic mass is 19.1. The fraction of sp³-hybridized carbons (Fsp3) is 0.318. The van der Waals surface area contributed by atoms with Gasteiger partial charge in [-0.2, -0.15) is 5.10 Å². The highest BCUT2D eigenvalue weighted by molar-refractivity contribution is 5.82. The molecule has 1 unspecified atom stereocenters. The van der Waals surface area contributed by atoms with Gasteiger partial charge in [-0.3, -0.25) is 4.68 Å². The van der Waals surface area contributed by atoms with Crippen LogP contribution in [-0.2, 0) is 7.05 Å². The van der Waals surface area contributed by atoms with Gasteiger partial charge < -0.3 is 25.7 Å². The van der Waals surface area contributed by atoms with Crippen LogP contribution in [0.4, 0.5) is 15.9 Å². The molecule has 0 spiro atoms. The molecule has 4 rings (SSSR count). The van der Waals surface area contributed by atoms with Gasteiger partial charge in [0.25, 0.3) is 0 Å². The molecule has 0 aliphatic carbocycles. The van der Waals surface area contributed by atoms with Crippen LogP contribution in [0, 0.1) is 5.82 Å². The second-order valence-electron chi connectivity index (χ2n) is 7.47. The van der Waals surface area contributed by atoms with Gasteiger partial charge in [0.1, 0.15) is 23.6 Å². The van der Waals surface area contributed by atoms with E-state index in [1.807, 2.05) is 29.9 Å². The zero-order valence-corrected chi connectivity index (χ0v) is 17.1. The van der Waals surface area contributed by atoms with Crippen molar-refractivity contribution in [3.63, 3.8) is 0 Å². The number of benzene rings is 2. The smallest absolute Gasteiger partial charge is 0.146 e. The first-order valence-electron chi connectivity index (χ1n) is 10.0. The zero-order chi connectivity index (χ0) is 21.3. The van der Waals surface area contributed by atoms with Gasteiger partial charge in [0.05, 0.1) is 11.4 Å². The number of anilines is 2. The van der Waals surface area contributed by atoms with Crippen LogP contribution in [0.25, 0.3) is 22.4 Å². The van der Waals surface area contributed by atoms with Crippen LogP contribution in [0.1, 0.15) is 6.92 Å². The number of aromatic hydroxyl groups is 1. The third-order valence-electron chi connectivity index (χ3n) is 5.25. The highest BCUT2D eigenvalue weighted by Crippen LogP contribution is 2.39. The first-order valence-corrected chi connectivity index (χ1v) is 10.0. The van der Waals surface area contributed by atoms with Gasteiger partial charge in [-0.1, -0.05) is 18.2 Å². The Balaban J connectivity index is 1.68. The molecule has 30 heavy (non-hydrogen) atoms. The van der Waals surface area contributed by atoms with Gasteiger partial charge in [-0.15, -0.1) is 0 Å². The van der Waals surface area contributed by atoms with E-state index in [-0.39, 0.29) is 11.4 Å². The van der Waals surface area contributed by atoms with Gasteiger partial charge in [-0.05, 0) is 30.7 Å². The lowest BCUT2D eigenvalue weighted by Crippen LogP contribution is -2.44. The number of aliphatic hydroxyl groups excluding tert-OH is 1. The van der Waals surface area contributed by atoms with Crippen molar-refractivity contribution >= 4 is 11.5 Å². The van der Waals surface area contributed by atoms with E-state index in [1.54, 1.807) is 18.2 Å². The van der Waals surface area contributed by atoms with E-state index < -0.39 is 12.0 Å². The monoisotopic (exact) mass is 411 g/mol. The van der Waals surface area contributed by atoms with Crippen LogP contribution < -0.4 is 15.5 Å². The SMILES string of the molecule is CC(O)Nc1ccc(-c2cccc(-c3cc(N4CCNCC4)n(C)n3)c2O)cc1F. The third-order valence-corrected chi connectivity index (χ3v) is 5.25. The minimum Gasteiger partial charge on any atom is -0.507 e. The molecule has 0 amide bonds. The molecule has 1 aliphatic rings. The molecule has 8 heteroatoms. The molecule has 2 aromatic carbocycles. The number of hydrogen-bond donors (Lipinski definition) is 4. The number of nitrogens with one attached hydrogen (secondary N) is 2. The summed E-state index contributed by atoms with van der Waals surface area (Å²) < 4.78 is 16.3. The summed E-state index contributed by atoms with van der Waals surface area (Å²) in [4.78, 5) is 2.26. The second-order valence-corrected chi connectivity index (χ2v) is 7.47. The Labute approximate surface area is 174 Å². The van der Waals surface area contributed by atoms with Gasteiger partial charge in [0.15, 0.2) is 0 Å². The summed E-state index contributed by atoms with van der Waals surface area (Å²) in [5, 5.41) is 30.9. The average molecular weight is 411 g/mol. The number of aromatic nitrogens is 2. The molecule has 1 atom stereocenters. The lowest BCUT2D eigenvalue weighted by Gasteiger charge is -2.28. The summed E-state index contributed by atoms with van der Waals surface area (Å²) in [6.45, 7) is 5.16. The summed E-state index contributed by atoms with van der Waals surface area (Å²) in [5.74, 6) is 0.547. The molecule has 158 valence electrons. The van der Waals surface area contributed by atoms with E-state index in [1.165, 1.54) is 13.0 Å². The van der Waals surface area contributed by atoms with Crippen molar-refractivity contribution in [2.75, 3.05) is 36.4 Å². The highest BCUT2D eigenvalue weighted by Gasteiger charge is 2.19. The van der Waals surface area contributed by atoms with E-state index >= 15 is 0 Å².